The lowest BCUT2D eigenvalue weighted by atomic mass is 10.0. The summed E-state index contributed by atoms with van der Waals surface area (Å²) in [6.07, 6.45) is 4.55. The molecule has 0 unspecified atom stereocenters. The Labute approximate surface area is 90.0 Å². The van der Waals surface area contributed by atoms with Gasteiger partial charge in [-0.1, -0.05) is 6.07 Å². The van der Waals surface area contributed by atoms with E-state index in [2.05, 4.69) is 16.4 Å². The Morgan fingerprint density at radius 3 is 2.77 bits per heavy atom. The van der Waals surface area contributed by atoms with Gasteiger partial charge in [-0.25, -0.2) is 4.98 Å². The molecule has 1 aromatic rings. The summed E-state index contributed by atoms with van der Waals surface area (Å²) in [7, 11) is 0. The lowest BCUT2D eigenvalue weighted by Crippen LogP contribution is -2.07. The van der Waals surface area contributed by atoms with Crippen LogP contribution in [-0.4, -0.2) is 11.5 Å². The number of pyridine rings is 1. The van der Waals surface area contributed by atoms with Crippen LogP contribution in [0.1, 0.15) is 18.4 Å². The molecule has 0 radical (unpaired) electrons. The van der Waals surface area contributed by atoms with Crippen molar-refractivity contribution in [2.24, 2.45) is 0 Å². The highest BCUT2D eigenvalue weighted by Crippen LogP contribution is 2.53. The highest BCUT2D eigenvalue weighted by molar-refractivity contribution is 5.85. The molecule has 1 saturated carbocycles. The van der Waals surface area contributed by atoms with Gasteiger partial charge in [-0.15, -0.1) is 24.8 Å². The predicted octanol–water partition coefficient (Wildman–Crippen LogP) is 2.38. The van der Waals surface area contributed by atoms with Crippen molar-refractivity contribution in [2.45, 2.75) is 18.3 Å². The van der Waals surface area contributed by atoms with E-state index in [4.69, 9.17) is 0 Å². The summed E-state index contributed by atoms with van der Waals surface area (Å²) < 4.78 is 0. The highest BCUT2D eigenvalue weighted by atomic mass is 35.5. The molecule has 0 saturated heterocycles. The van der Waals surface area contributed by atoms with Crippen LogP contribution in [0, 0.1) is 0 Å². The van der Waals surface area contributed by atoms with Crippen LogP contribution in [0.5, 0.6) is 0 Å². The largest absolute Gasteiger partial charge is 0.369 e. The Bertz CT molecular complexity index is 310. The summed E-state index contributed by atoms with van der Waals surface area (Å²) in [6.45, 7) is 1.11. The van der Waals surface area contributed by atoms with E-state index in [0.29, 0.717) is 5.41 Å². The van der Waals surface area contributed by atoms with Crippen molar-refractivity contribution in [3.05, 3.63) is 23.9 Å². The molecule has 2 heterocycles. The molecular formula is C9H12Cl2N2. The third-order valence-corrected chi connectivity index (χ3v) is 2.83. The third-order valence-electron chi connectivity index (χ3n) is 2.83. The second-order valence-corrected chi connectivity index (χ2v) is 3.53. The van der Waals surface area contributed by atoms with Crippen LogP contribution in [0.4, 0.5) is 5.82 Å². The molecule has 0 bridgehead atoms. The van der Waals surface area contributed by atoms with Crippen molar-refractivity contribution in [2.75, 3.05) is 11.9 Å². The molecule has 1 aromatic heterocycles. The van der Waals surface area contributed by atoms with Gasteiger partial charge in [0.15, 0.2) is 0 Å². The van der Waals surface area contributed by atoms with E-state index in [1.165, 1.54) is 18.4 Å². The number of aromatic nitrogens is 1. The quantitative estimate of drug-likeness (QED) is 0.724. The monoisotopic (exact) mass is 218 g/mol. The van der Waals surface area contributed by atoms with Crippen LogP contribution in [0.15, 0.2) is 18.3 Å². The van der Waals surface area contributed by atoms with Crippen LogP contribution >= 0.6 is 24.8 Å². The summed E-state index contributed by atoms with van der Waals surface area (Å²) >= 11 is 0. The molecule has 13 heavy (non-hydrogen) atoms. The topological polar surface area (TPSA) is 24.9 Å². The summed E-state index contributed by atoms with van der Waals surface area (Å²) in [6, 6.07) is 4.24. The van der Waals surface area contributed by atoms with Crippen molar-refractivity contribution in [3.8, 4) is 0 Å². The molecule has 3 rings (SSSR count). The van der Waals surface area contributed by atoms with Gasteiger partial charge in [0, 0.05) is 23.7 Å². The van der Waals surface area contributed by atoms with Gasteiger partial charge in [0.2, 0.25) is 0 Å². The number of fused-ring (bicyclic) bond motifs is 2. The molecule has 1 N–H and O–H groups in total. The molecule has 72 valence electrons. The second-order valence-electron chi connectivity index (χ2n) is 3.53. The van der Waals surface area contributed by atoms with Gasteiger partial charge in [-0.05, 0) is 18.9 Å². The van der Waals surface area contributed by atoms with Gasteiger partial charge in [0.1, 0.15) is 5.82 Å². The van der Waals surface area contributed by atoms with E-state index < -0.39 is 0 Å². The van der Waals surface area contributed by atoms with E-state index in [1.54, 1.807) is 0 Å². The first-order chi connectivity index (χ1) is 5.41. The van der Waals surface area contributed by atoms with Gasteiger partial charge in [0.05, 0.1) is 0 Å². The van der Waals surface area contributed by atoms with Crippen LogP contribution < -0.4 is 5.32 Å². The first kappa shape index (κ1) is 10.6. The standard InChI is InChI=1S/C9H10N2.2ClH/c1-2-7-8(10-5-1)11-6-9(7)3-4-9;;/h1-2,5H,3-4,6H2,(H,10,11);2*1H. The molecule has 1 aliphatic heterocycles. The number of nitrogens with zero attached hydrogens (tertiary/aromatic N) is 1. The number of nitrogens with one attached hydrogen (secondary N) is 1. The van der Waals surface area contributed by atoms with Crippen molar-refractivity contribution in [1.29, 1.82) is 0 Å². The van der Waals surface area contributed by atoms with Gasteiger partial charge in [0.25, 0.3) is 0 Å². The minimum Gasteiger partial charge on any atom is -0.369 e. The van der Waals surface area contributed by atoms with Gasteiger partial charge in [-0.2, -0.15) is 0 Å². The zero-order valence-electron chi connectivity index (χ0n) is 7.12. The van der Waals surface area contributed by atoms with Gasteiger partial charge >= 0.3 is 0 Å². The van der Waals surface area contributed by atoms with Crippen molar-refractivity contribution < 1.29 is 0 Å². The second kappa shape index (κ2) is 3.35. The average molecular weight is 219 g/mol. The zero-order chi connectivity index (χ0) is 7.31. The molecule has 2 aliphatic rings. The molecule has 0 aromatic carbocycles. The van der Waals surface area contributed by atoms with Crippen molar-refractivity contribution in [1.82, 2.24) is 4.98 Å². The number of anilines is 1. The van der Waals surface area contributed by atoms with Crippen molar-refractivity contribution >= 4 is 30.6 Å². The predicted molar refractivity (Wildman–Crippen MR) is 58.1 cm³/mol. The Kier molecular flexibility index (Phi) is 2.74. The van der Waals surface area contributed by atoms with E-state index in [-0.39, 0.29) is 24.8 Å². The molecule has 1 aliphatic carbocycles. The molecule has 0 atom stereocenters. The maximum atomic E-state index is 4.28. The van der Waals surface area contributed by atoms with Gasteiger partial charge < -0.3 is 5.32 Å². The number of rotatable bonds is 0. The molecule has 1 spiro atoms. The number of hydrogen-bond acceptors (Lipinski definition) is 2. The Hall–Kier alpha value is -0.470. The van der Waals surface area contributed by atoms with E-state index in [1.807, 2.05) is 12.3 Å². The minimum atomic E-state index is 0. The van der Waals surface area contributed by atoms with Gasteiger partial charge in [-0.3, -0.25) is 0 Å². The fourth-order valence-corrected chi connectivity index (χ4v) is 1.92. The lowest BCUT2D eigenvalue weighted by Gasteiger charge is -2.02. The maximum absolute atomic E-state index is 4.28. The number of halogens is 2. The minimum absolute atomic E-state index is 0. The fourth-order valence-electron chi connectivity index (χ4n) is 1.92. The molecule has 2 nitrogen and oxygen atoms in total. The smallest absolute Gasteiger partial charge is 0.129 e. The van der Waals surface area contributed by atoms with Crippen LogP contribution in [0.25, 0.3) is 0 Å². The first-order valence-corrected chi connectivity index (χ1v) is 4.10. The first-order valence-electron chi connectivity index (χ1n) is 4.10. The average Bonchev–Trinajstić information content (AvgIpc) is 2.72. The summed E-state index contributed by atoms with van der Waals surface area (Å²) in [5, 5.41) is 3.34. The lowest BCUT2D eigenvalue weighted by molar-refractivity contribution is 0.777. The summed E-state index contributed by atoms with van der Waals surface area (Å²) in [5.41, 5.74) is 1.95. The third kappa shape index (κ3) is 1.38. The van der Waals surface area contributed by atoms with Crippen molar-refractivity contribution in [3.63, 3.8) is 0 Å². The Morgan fingerprint density at radius 2 is 2.08 bits per heavy atom. The molecule has 4 heteroatoms. The SMILES string of the molecule is Cl.Cl.c1cnc2c(c1)C1(CC1)CN2. The summed E-state index contributed by atoms with van der Waals surface area (Å²) in [5.74, 6) is 1.12. The van der Waals surface area contributed by atoms with Crippen LogP contribution in [-0.2, 0) is 5.41 Å². The number of hydrogen-bond donors (Lipinski definition) is 1. The van der Waals surface area contributed by atoms with E-state index in [0.717, 1.165) is 12.4 Å². The fraction of sp³-hybridized carbons (Fsp3) is 0.444. The molecule has 1 fully saturated rings. The van der Waals surface area contributed by atoms with E-state index in [9.17, 15) is 0 Å². The maximum Gasteiger partial charge on any atom is 0.129 e. The Morgan fingerprint density at radius 1 is 1.31 bits per heavy atom. The Balaban J connectivity index is 0.000000422. The van der Waals surface area contributed by atoms with Crippen LogP contribution in [0.2, 0.25) is 0 Å². The summed E-state index contributed by atoms with van der Waals surface area (Å²) in [4.78, 5) is 4.28. The molecular weight excluding hydrogens is 207 g/mol. The highest BCUT2D eigenvalue weighted by Gasteiger charge is 2.49. The van der Waals surface area contributed by atoms with Crippen LogP contribution in [0.3, 0.4) is 0 Å². The normalized spacial score (nSPS) is 19.4. The van der Waals surface area contributed by atoms with E-state index >= 15 is 0 Å². The molecule has 0 amide bonds. The zero-order valence-corrected chi connectivity index (χ0v) is 8.75.